The van der Waals surface area contributed by atoms with Crippen molar-refractivity contribution in [2.45, 2.75) is 13.8 Å². The first-order valence-corrected chi connectivity index (χ1v) is 9.55. The number of aryl methyl sites for hydroxylation is 2. The minimum Gasteiger partial charge on any atom is -0.376 e. The number of rotatable bonds is 6. The van der Waals surface area contributed by atoms with Crippen molar-refractivity contribution in [3.05, 3.63) is 101 Å². The quantitative estimate of drug-likeness (QED) is 0.436. The molecule has 0 aromatic heterocycles. The molecule has 2 amide bonds. The highest BCUT2D eigenvalue weighted by Gasteiger charge is 2.18. The zero-order valence-electron chi connectivity index (χ0n) is 16.9. The summed E-state index contributed by atoms with van der Waals surface area (Å²) < 4.78 is 0. The number of hydrogen-bond acceptors (Lipinski definition) is 4. The molecule has 6 heteroatoms. The van der Waals surface area contributed by atoms with E-state index >= 15 is 0 Å². The van der Waals surface area contributed by atoms with Crippen LogP contribution in [-0.2, 0) is 4.79 Å². The van der Waals surface area contributed by atoms with Crippen molar-refractivity contribution in [1.82, 2.24) is 10.9 Å². The molecule has 3 aromatic rings. The summed E-state index contributed by atoms with van der Waals surface area (Å²) in [6.45, 7) is 3.95. The van der Waals surface area contributed by atoms with Gasteiger partial charge < -0.3 is 5.32 Å². The van der Waals surface area contributed by atoms with Gasteiger partial charge in [-0.2, -0.15) is 0 Å². The van der Waals surface area contributed by atoms with Crippen LogP contribution in [0.25, 0.3) is 0 Å². The summed E-state index contributed by atoms with van der Waals surface area (Å²) in [6, 6.07) is 21.1. The lowest BCUT2D eigenvalue weighted by atomic mass is 9.98. The molecule has 3 aromatic carbocycles. The van der Waals surface area contributed by atoms with Crippen molar-refractivity contribution in [2.24, 2.45) is 0 Å². The maximum Gasteiger partial charge on any atom is 0.270 e. The molecular formula is C24H23N3O3. The molecule has 0 unspecified atom stereocenters. The van der Waals surface area contributed by atoms with Gasteiger partial charge in [0.15, 0.2) is 5.78 Å². The smallest absolute Gasteiger partial charge is 0.270 e. The Hall–Kier alpha value is -3.93. The van der Waals surface area contributed by atoms with Gasteiger partial charge in [-0.3, -0.25) is 25.2 Å². The number of benzene rings is 3. The minimum absolute atomic E-state index is 0.00518. The lowest BCUT2D eigenvalue weighted by molar-refractivity contribution is -0.120. The van der Waals surface area contributed by atoms with Gasteiger partial charge in [-0.05, 0) is 31.5 Å². The van der Waals surface area contributed by atoms with E-state index in [0.29, 0.717) is 5.56 Å². The highest BCUT2D eigenvalue weighted by atomic mass is 16.2. The van der Waals surface area contributed by atoms with E-state index in [-0.39, 0.29) is 23.5 Å². The molecule has 0 aliphatic rings. The van der Waals surface area contributed by atoms with Gasteiger partial charge in [0.2, 0.25) is 0 Å². The van der Waals surface area contributed by atoms with E-state index in [0.717, 1.165) is 16.8 Å². The molecule has 152 valence electrons. The fraction of sp³-hybridized carbons (Fsp3) is 0.125. The lowest BCUT2D eigenvalue weighted by Gasteiger charge is -2.12. The number of nitrogens with one attached hydrogen (secondary N) is 3. The zero-order chi connectivity index (χ0) is 21.5. The molecule has 0 fully saturated rings. The van der Waals surface area contributed by atoms with Crippen LogP contribution in [0.5, 0.6) is 0 Å². The van der Waals surface area contributed by atoms with Gasteiger partial charge in [0, 0.05) is 16.8 Å². The van der Waals surface area contributed by atoms with E-state index in [1.165, 1.54) is 0 Å². The molecule has 0 heterocycles. The van der Waals surface area contributed by atoms with E-state index in [1.807, 2.05) is 38.1 Å². The van der Waals surface area contributed by atoms with Crippen LogP contribution in [0.2, 0.25) is 0 Å². The average molecular weight is 401 g/mol. The van der Waals surface area contributed by atoms with Crippen LogP contribution < -0.4 is 16.2 Å². The van der Waals surface area contributed by atoms with Gasteiger partial charge in [0.1, 0.15) is 0 Å². The molecule has 30 heavy (non-hydrogen) atoms. The number of ketones is 1. The van der Waals surface area contributed by atoms with Crippen LogP contribution in [0.3, 0.4) is 0 Å². The Morgan fingerprint density at radius 2 is 1.43 bits per heavy atom. The minimum atomic E-state index is -0.560. The van der Waals surface area contributed by atoms with Gasteiger partial charge in [-0.1, -0.05) is 66.2 Å². The van der Waals surface area contributed by atoms with Crippen LogP contribution in [0, 0.1) is 13.8 Å². The molecule has 0 atom stereocenters. The highest BCUT2D eigenvalue weighted by Crippen LogP contribution is 2.16. The van der Waals surface area contributed by atoms with Crippen molar-refractivity contribution < 1.29 is 14.4 Å². The van der Waals surface area contributed by atoms with Crippen molar-refractivity contribution in [3.63, 3.8) is 0 Å². The van der Waals surface area contributed by atoms with Crippen LogP contribution >= 0.6 is 0 Å². The number of amides is 2. The highest BCUT2D eigenvalue weighted by molar-refractivity contribution is 6.15. The number of carbonyl (C=O) groups is 3. The molecule has 6 nitrogen and oxygen atoms in total. The van der Waals surface area contributed by atoms with Crippen LogP contribution in [-0.4, -0.2) is 24.1 Å². The topological polar surface area (TPSA) is 87.3 Å². The van der Waals surface area contributed by atoms with E-state index < -0.39 is 11.8 Å². The summed E-state index contributed by atoms with van der Waals surface area (Å²) in [5.41, 5.74) is 8.71. The van der Waals surface area contributed by atoms with Crippen molar-refractivity contribution >= 4 is 23.3 Å². The Bertz CT molecular complexity index is 1080. The molecule has 0 saturated heterocycles. The summed E-state index contributed by atoms with van der Waals surface area (Å²) in [4.78, 5) is 37.4. The van der Waals surface area contributed by atoms with Crippen LogP contribution in [0.1, 0.15) is 37.4 Å². The van der Waals surface area contributed by atoms with Gasteiger partial charge in [0.05, 0.1) is 12.1 Å². The summed E-state index contributed by atoms with van der Waals surface area (Å²) in [5, 5.41) is 3.04. The molecule has 3 rings (SSSR count). The second kappa shape index (κ2) is 9.52. The second-order valence-corrected chi connectivity index (χ2v) is 6.91. The van der Waals surface area contributed by atoms with Crippen molar-refractivity contribution in [1.29, 1.82) is 0 Å². The monoisotopic (exact) mass is 401 g/mol. The Morgan fingerprint density at radius 3 is 2.13 bits per heavy atom. The van der Waals surface area contributed by atoms with Crippen LogP contribution in [0.4, 0.5) is 5.69 Å². The fourth-order valence-corrected chi connectivity index (χ4v) is 3.05. The molecule has 0 aliphatic carbocycles. The van der Waals surface area contributed by atoms with E-state index in [1.54, 1.807) is 48.5 Å². The fourth-order valence-electron chi connectivity index (χ4n) is 3.05. The summed E-state index contributed by atoms with van der Waals surface area (Å²) >= 11 is 0. The molecular weight excluding hydrogens is 378 g/mol. The van der Waals surface area contributed by atoms with E-state index in [2.05, 4.69) is 16.2 Å². The summed E-state index contributed by atoms with van der Waals surface area (Å²) in [5.74, 6) is -1.23. The van der Waals surface area contributed by atoms with Gasteiger partial charge in [-0.25, -0.2) is 0 Å². The first-order chi connectivity index (χ1) is 14.5. The Kier molecular flexibility index (Phi) is 6.60. The predicted molar refractivity (Wildman–Crippen MR) is 116 cm³/mol. The van der Waals surface area contributed by atoms with E-state index in [9.17, 15) is 14.4 Å². The Labute approximate surface area is 175 Å². The van der Waals surface area contributed by atoms with Crippen molar-refractivity contribution in [3.8, 4) is 0 Å². The largest absolute Gasteiger partial charge is 0.376 e. The third-order valence-corrected chi connectivity index (χ3v) is 4.59. The average Bonchev–Trinajstić information content (AvgIpc) is 2.77. The lowest BCUT2D eigenvalue weighted by Crippen LogP contribution is -2.44. The molecule has 3 N–H and O–H groups in total. The third kappa shape index (κ3) is 5.11. The first-order valence-electron chi connectivity index (χ1n) is 9.55. The van der Waals surface area contributed by atoms with Gasteiger partial charge >= 0.3 is 0 Å². The van der Waals surface area contributed by atoms with Crippen molar-refractivity contribution in [2.75, 3.05) is 11.9 Å². The molecule has 0 spiro atoms. The third-order valence-electron chi connectivity index (χ3n) is 4.59. The second-order valence-electron chi connectivity index (χ2n) is 6.91. The normalized spacial score (nSPS) is 10.2. The predicted octanol–water partition coefficient (Wildman–Crippen LogP) is 3.41. The number of hydrogen-bond donors (Lipinski definition) is 3. The Balaban J connectivity index is 1.61. The summed E-state index contributed by atoms with van der Waals surface area (Å²) in [7, 11) is 0. The van der Waals surface area contributed by atoms with Gasteiger partial charge in [0.25, 0.3) is 11.8 Å². The van der Waals surface area contributed by atoms with Crippen LogP contribution in [0.15, 0.2) is 72.8 Å². The Morgan fingerprint density at radius 1 is 0.767 bits per heavy atom. The molecule has 0 saturated carbocycles. The maximum absolute atomic E-state index is 12.7. The number of hydrazine groups is 1. The van der Waals surface area contributed by atoms with E-state index in [4.69, 9.17) is 0 Å². The van der Waals surface area contributed by atoms with Gasteiger partial charge in [-0.15, -0.1) is 0 Å². The zero-order valence-corrected chi connectivity index (χ0v) is 16.9. The standard InChI is InChI=1S/C24H23N3O3/c1-16-12-13-21(17(2)14-16)25-15-22(28)26-27-24(30)20-11-7-6-10-19(20)23(29)18-8-4-3-5-9-18/h3-14,25H,15H2,1-2H3,(H,26,28)(H,27,30). The number of anilines is 1. The summed E-state index contributed by atoms with van der Waals surface area (Å²) in [6.07, 6.45) is 0. The number of carbonyl (C=O) groups excluding carboxylic acids is 3. The SMILES string of the molecule is Cc1ccc(NCC(=O)NNC(=O)c2ccccc2C(=O)c2ccccc2)c(C)c1. The molecule has 0 aliphatic heterocycles. The molecule has 0 bridgehead atoms. The maximum atomic E-state index is 12.7. The molecule has 0 radical (unpaired) electrons. The first kappa shape index (κ1) is 20.8.